The Morgan fingerprint density at radius 3 is 2.10 bits per heavy atom. The fraction of sp³-hybridized carbons (Fsp3) is 0.684. The molecule has 0 aliphatic rings. The summed E-state index contributed by atoms with van der Waals surface area (Å²) in [6.07, 6.45) is 10.3. The lowest BCUT2D eigenvalue weighted by atomic mass is 10.0. The summed E-state index contributed by atoms with van der Waals surface area (Å²) in [5, 5.41) is 13.7. The summed E-state index contributed by atoms with van der Waals surface area (Å²) in [4.78, 5) is 0. The lowest BCUT2D eigenvalue weighted by Gasteiger charge is -2.20. The molecule has 0 spiro atoms. The molecular weight excluding hydrogens is 258 g/mol. The second kappa shape index (κ2) is 11.8. The molecule has 0 saturated heterocycles. The molecule has 21 heavy (non-hydrogen) atoms. The average molecular weight is 291 g/mol. The largest absolute Gasteiger partial charge is 0.387 e. The highest BCUT2D eigenvalue weighted by atomic mass is 16.3. The minimum absolute atomic E-state index is 0.108. The Labute approximate surface area is 131 Å². The van der Waals surface area contributed by atoms with E-state index < -0.39 is 6.10 Å². The van der Waals surface area contributed by atoms with Crippen molar-refractivity contribution in [2.45, 2.75) is 77.4 Å². The number of nitrogens with one attached hydrogen (secondary N) is 1. The third-order valence-electron chi connectivity index (χ3n) is 4.11. The molecular formula is C19H33NO. The Morgan fingerprint density at radius 2 is 1.48 bits per heavy atom. The zero-order valence-corrected chi connectivity index (χ0v) is 13.9. The Hall–Kier alpha value is -0.860. The summed E-state index contributed by atoms with van der Waals surface area (Å²) < 4.78 is 0. The predicted molar refractivity (Wildman–Crippen MR) is 91.5 cm³/mol. The van der Waals surface area contributed by atoms with Crippen LogP contribution in [-0.2, 0) is 0 Å². The number of aliphatic hydroxyl groups is 1. The van der Waals surface area contributed by atoms with Gasteiger partial charge in [-0.05, 0) is 25.5 Å². The highest BCUT2D eigenvalue weighted by Gasteiger charge is 2.14. The fourth-order valence-electron chi connectivity index (χ4n) is 2.64. The van der Waals surface area contributed by atoms with Gasteiger partial charge in [-0.25, -0.2) is 0 Å². The molecule has 2 N–H and O–H groups in total. The summed E-state index contributed by atoms with van der Waals surface area (Å²) in [5.74, 6) is 0. The molecule has 0 radical (unpaired) electrons. The zero-order valence-electron chi connectivity index (χ0n) is 13.9. The molecule has 1 aromatic rings. The van der Waals surface area contributed by atoms with Gasteiger partial charge in [0.1, 0.15) is 0 Å². The summed E-state index contributed by atoms with van der Waals surface area (Å²) in [6, 6.07) is 10.0. The molecule has 0 bridgehead atoms. The Bertz CT molecular complexity index is 339. The first-order valence-corrected chi connectivity index (χ1v) is 8.72. The molecule has 0 amide bonds. The van der Waals surface area contributed by atoms with E-state index in [-0.39, 0.29) is 6.04 Å². The van der Waals surface area contributed by atoms with E-state index >= 15 is 0 Å². The van der Waals surface area contributed by atoms with Gasteiger partial charge < -0.3 is 10.4 Å². The first kappa shape index (κ1) is 18.2. The van der Waals surface area contributed by atoms with Crippen LogP contribution in [0.3, 0.4) is 0 Å². The van der Waals surface area contributed by atoms with Crippen molar-refractivity contribution in [2.24, 2.45) is 0 Å². The quantitative estimate of drug-likeness (QED) is 0.540. The SMILES string of the molecule is CCCCCCCCCCNC(C)C(O)c1ccccc1. The Morgan fingerprint density at radius 1 is 0.905 bits per heavy atom. The Balaban J connectivity index is 2.02. The zero-order chi connectivity index (χ0) is 15.3. The van der Waals surface area contributed by atoms with E-state index in [0.717, 1.165) is 12.1 Å². The van der Waals surface area contributed by atoms with Crippen molar-refractivity contribution in [1.82, 2.24) is 5.32 Å². The van der Waals surface area contributed by atoms with Gasteiger partial charge in [-0.15, -0.1) is 0 Å². The van der Waals surface area contributed by atoms with E-state index in [1.54, 1.807) is 0 Å². The van der Waals surface area contributed by atoms with Crippen molar-refractivity contribution >= 4 is 0 Å². The van der Waals surface area contributed by atoms with E-state index in [2.05, 4.69) is 19.2 Å². The van der Waals surface area contributed by atoms with Gasteiger partial charge in [0.05, 0.1) is 6.10 Å². The van der Waals surface area contributed by atoms with Crippen molar-refractivity contribution in [2.75, 3.05) is 6.54 Å². The van der Waals surface area contributed by atoms with Gasteiger partial charge >= 0.3 is 0 Å². The third-order valence-corrected chi connectivity index (χ3v) is 4.11. The van der Waals surface area contributed by atoms with E-state index in [9.17, 15) is 5.11 Å². The number of benzene rings is 1. The minimum atomic E-state index is -0.416. The maximum Gasteiger partial charge on any atom is 0.0940 e. The molecule has 1 rings (SSSR count). The van der Waals surface area contributed by atoms with Crippen LogP contribution in [0.25, 0.3) is 0 Å². The molecule has 2 heteroatoms. The first-order chi connectivity index (χ1) is 10.3. The second-order valence-corrected chi connectivity index (χ2v) is 6.07. The number of hydrogen-bond acceptors (Lipinski definition) is 2. The topological polar surface area (TPSA) is 32.3 Å². The van der Waals surface area contributed by atoms with Crippen molar-refractivity contribution in [3.8, 4) is 0 Å². The van der Waals surface area contributed by atoms with Crippen LogP contribution in [0.1, 0.15) is 76.9 Å². The predicted octanol–water partition coefficient (Wildman–Crippen LogP) is 4.84. The van der Waals surface area contributed by atoms with Gasteiger partial charge in [0.2, 0.25) is 0 Å². The van der Waals surface area contributed by atoms with Crippen LogP contribution in [0.5, 0.6) is 0 Å². The van der Waals surface area contributed by atoms with Gasteiger partial charge in [0, 0.05) is 6.04 Å². The molecule has 120 valence electrons. The Kier molecular flexibility index (Phi) is 10.2. The molecule has 0 aliphatic heterocycles. The first-order valence-electron chi connectivity index (χ1n) is 8.72. The van der Waals surface area contributed by atoms with E-state index in [1.165, 1.54) is 51.4 Å². The minimum Gasteiger partial charge on any atom is -0.387 e. The lowest BCUT2D eigenvalue weighted by Crippen LogP contribution is -2.32. The second-order valence-electron chi connectivity index (χ2n) is 6.07. The van der Waals surface area contributed by atoms with Crippen molar-refractivity contribution in [3.63, 3.8) is 0 Å². The van der Waals surface area contributed by atoms with Crippen LogP contribution >= 0.6 is 0 Å². The monoisotopic (exact) mass is 291 g/mol. The number of hydrogen-bond donors (Lipinski definition) is 2. The molecule has 0 heterocycles. The van der Waals surface area contributed by atoms with Gasteiger partial charge in [0.15, 0.2) is 0 Å². The molecule has 1 aromatic carbocycles. The summed E-state index contributed by atoms with van der Waals surface area (Å²) in [6.45, 7) is 5.32. The van der Waals surface area contributed by atoms with Crippen LogP contribution in [-0.4, -0.2) is 17.7 Å². The molecule has 0 fully saturated rings. The van der Waals surface area contributed by atoms with Crippen molar-refractivity contribution < 1.29 is 5.11 Å². The third kappa shape index (κ3) is 8.23. The summed E-state index contributed by atoms with van der Waals surface area (Å²) >= 11 is 0. The molecule has 0 saturated carbocycles. The highest BCUT2D eigenvalue weighted by Crippen LogP contribution is 2.16. The number of rotatable bonds is 12. The maximum absolute atomic E-state index is 10.2. The maximum atomic E-state index is 10.2. The summed E-state index contributed by atoms with van der Waals surface area (Å²) in [5.41, 5.74) is 0.994. The van der Waals surface area contributed by atoms with Crippen LogP contribution in [0.4, 0.5) is 0 Å². The molecule has 2 unspecified atom stereocenters. The molecule has 2 atom stereocenters. The highest BCUT2D eigenvalue weighted by molar-refractivity contribution is 5.18. The van der Waals surface area contributed by atoms with Crippen molar-refractivity contribution in [3.05, 3.63) is 35.9 Å². The van der Waals surface area contributed by atoms with Crippen LogP contribution in [0.15, 0.2) is 30.3 Å². The molecule has 0 aromatic heterocycles. The van der Waals surface area contributed by atoms with Gasteiger partial charge in [0.25, 0.3) is 0 Å². The molecule has 2 nitrogen and oxygen atoms in total. The standard InChI is InChI=1S/C19H33NO/c1-3-4-5-6-7-8-9-13-16-20-17(2)19(21)18-14-11-10-12-15-18/h10-12,14-15,17,19-21H,3-9,13,16H2,1-2H3. The van der Waals surface area contributed by atoms with Gasteiger partial charge in [-0.3, -0.25) is 0 Å². The van der Waals surface area contributed by atoms with Gasteiger partial charge in [-0.2, -0.15) is 0 Å². The fourth-order valence-corrected chi connectivity index (χ4v) is 2.64. The lowest BCUT2D eigenvalue weighted by molar-refractivity contribution is 0.136. The number of unbranched alkanes of at least 4 members (excludes halogenated alkanes) is 7. The smallest absolute Gasteiger partial charge is 0.0940 e. The molecule has 0 aliphatic carbocycles. The van der Waals surface area contributed by atoms with Crippen LogP contribution < -0.4 is 5.32 Å². The summed E-state index contributed by atoms with van der Waals surface area (Å²) in [7, 11) is 0. The van der Waals surface area contributed by atoms with Crippen LogP contribution in [0.2, 0.25) is 0 Å². The van der Waals surface area contributed by atoms with Gasteiger partial charge in [-0.1, -0.05) is 82.2 Å². The van der Waals surface area contributed by atoms with Crippen molar-refractivity contribution in [1.29, 1.82) is 0 Å². The van der Waals surface area contributed by atoms with E-state index in [4.69, 9.17) is 0 Å². The number of aliphatic hydroxyl groups excluding tert-OH is 1. The van der Waals surface area contributed by atoms with Crippen LogP contribution in [0, 0.1) is 0 Å². The normalized spacial score (nSPS) is 14.0. The van der Waals surface area contributed by atoms with E-state index in [1.807, 2.05) is 30.3 Å². The average Bonchev–Trinajstić information content (AvgIpc) is 2.53. The van der Waals surface area contributed by atoms with E-state index in [0.29, 0.717) is 0 Å².